The van der Waals surface area contributed by atoms with Gasteiger partial charge in [-0.15, -0.1) is 0 Å². The lowest BCUT2D eigenvalue weighted by Crippen LogP contribution is -1.96. The molecule has 1 aromatic rings. The molecule has 1 unspecified atom stereocenters. The number of hydrogen-bond acceptors (Lipinski definition) is 3. The standard InChI is InChI=1S/C9H11NO2/c1-11-8-3-2-7(10-5-8)4-9-6-12-9/h2-3,5,9H,4,6H2,1H3. The summed E-state index contributed by atoms with van der Waals surface area (Å²) in [6.45, 7) is 0.883. The number of epoxide rings is 1. The van der Waals surface area contributed by atoms with Crippen molar-refractivity contribution in [2.45, 2.75) is 12.5 Å². The molecular weight excluding hydrogens is 154 g/mol. The first-order valence-electron chi connectivity index (χ1n) is 3.99. The van der Waals surface area contributed by atoms with Crippen molar-refractivity contribution in [2.75, 3.05) is 13.7 Å². The van der Waals surface area contributed by atoms with Gasteiger partial charge in [0.1, 0.15) is 5.75 Å². The van der Waals surface area contributed by atoms with Crippen LogP contribution in [0.25, 0.3) is 0 Å². The van der Waals surface area contributed by atoms with Gasteiger partial charge in [-0.2, -0.15) is 0 Å². The van der Waals surface area contributed by atoms with E-state index >= 15 is 0 Å². The molecule has 1 aliphatic heterocycles. The maximum absolute atomic E-state index is 5.10. The van der Waals surface area contributed by atoms with Crippen LogP contribution < -0.4 is 4.74 Å². The fourth-order valence-electron chi connectivity index (χ4n) is 1.07. The second kappa shape index (κ2) is 3.11. The van der Waals surface area contributed by atoms with Gasteiger partial charge >= 0.3 is 0 Å². The Bertz CT molecular complexity index is 254. The summed E-state index contributed by atoms with van der Waals surface area (Å²) in [5.74, 6) is 0.801. The van der Waals surface area contributed by atoms with E-state index in [1.54, 1.807) is 13.3 Å². The van der Waals surface area contributed by atoms with Gasteiger partial charge in [0.05, 0.1) is 26.0 Å². The minimum absolute atomic E-state index is 0.408. The predicted octanol–water partition coefficient (Wildman–Crippen LogP) is 1.03. The predicted molar refractivity (Wildman–Crippen MR) is 44.2 cm³/mol. The Kier molecular flexibility index (Phi) is 1.96. The summed E-state index contributed by atoms with van der Waals surface area (Å²) >= 11 is 0. The molecule has 1 saturated heterocycles. The third kappa shape index (κ3) is 1.74. The molecular formula is C9H11NO2. The topological polar surface area (TPSA) is 34.6 Å². The van der Waals surface area contributed by atoms with Gasteiger partial charge in [-0.25, -0.2) is 0 Å². The normalized spacial score (nSPS) is 20.6. The molecule has 1 aromatic heterocycles. The molecule has 1 aliphatic rings. The van der Waals surface area contributed by atoms with Gasteiger partial charge < -0.3 is 9.47 Å². The summed E-state index contributed by atoms with van der Waals surface area (Å²) in [5, 5.41) is 0. The number of rotatable bonds is 3. The molecule has 2 rings (SSSR count). The molecule has 0 spiro atoms. The monoisotopic (exact) mass is 165 g/mol. The quantitative estimate of drug-likeness (QED) is 0.627. The van der Waals surface area contributed by atoms with Gasteiger partial charge in [0.2, 0.25) is 0 Å². The van der Waals surface area contributed by atoms with Crippen LogP contribution in [0.15, 0.2) is 18.3 Å². The molecule has 0 radical (unpaired) electrons. The largest absolute Gasteiger partial charge is 0.495 e. The highest BCUT2D eigenvalue weighted by Gasteiger charge is 2.22. The number of pyridine rings is 1. The number of methoxy groups -OCH3 is 1. The summed E-state index contributed by atoms with van der Waals surface area (Å²) in [4.78, 5) is 4.22. The van der Waals surface area contributed by atoms with E-state index in [9.17, 15) is 0 Å². The van der Waals surface area contributed by atoms with E-state index in [2.05, 4.69) is 4.98 Å². The van der Waals surface area contributed by atoms with Crippen LogP contribution in [0.2, 0.25) is 0 Å². The van der Waals surface area contributed by atoms with Crippen LogP contribution in [-0.4, -0.2) is 24.8 Å². The average molecular weight is 165 g/mol. The lowest BCUT2D eigenvalue weighted by molar-refractivity contribution is 0.403. The van der Waals surface area contributed by atoms with Crippen LogP contribution in [0.1, 0.15) is 5.69 Å². The number of nitrogens with zero attached hydrogens (tertiary/aromatic N) is 1. The maximum atomic E-state index is 5.10. The molecule has 0 N–H and O–H groups in total. The Morgan fingerprint density at radius 3 is 3.00 bits per heavy atom. The van der Waals surface area contributed by atoms with E-state index in [4.69, 9.17) is 9.47 Å². The zero-order valence-electron chi connectivity index (χ0n) is 6.99. The Morgan fingerprint density at radius 1 is 1.67 bits per heavy atom. The van der Waals surface area contributed by atoms with E-state index in [-0.39, 0.29) is 0 Å². The molecule has 3 heteroatoms. The maximum Gasteiger partial charge on any atom is 0.137 e. The third-order valence-electron chi connectivity index (χ3n) is 1.87. The van der Waals surface area contributed by atoms with E-state index in [1.807, 2.05) is 12.1 Å². The molecule has 0 saturated carbocycles. The van der Waals surface area contributed by atoms with Crippen molar-refractivity contribution in [3.05, 3.63) is 24.0 Å². The van der Waals surface area contributed by atoms with E-state index < -0.39 is 0 Å². The highest BCUT2D eigenvalue weighted by Crippen LogP contribution is 2.16. The van der Waals surface area contributed by atoms with Crippen LogP contribution in [0.5, 0.6) is 5.75 Å². The zero-order chi connectivity index (χ0) is 8.39. The van der Waals surface area contributed by atoms with Crippen molar-refractivity contribution >= 4 is 0 Å². The number of ether oxygens (including phenoxy) is 2. The molecule has 3 nitrogen and oxygen atoms in total. The second-order valence-corrected chi connectivity index (χ2v) is 2.85. The highest BCUT2D eigenvalue weighted by atomic mass is 16.6. The SMILES string of the molecule is COc1ccc(CC2CO2)nc1. The van der Waals surface area contributed by atoms with Crippen LogP contribution in [0.4, 0.5) is 0 Å². The van der Waals surface area contributed by atoms with Crippen molar-refractivity contribution in [3.8, 4) is 5.75 Å². The zero-order valence-corrected chi connectivity index (χ0v) is 6.99. The van der Waals surface area contributed by atoms with Crippen LogP contribution in [-0.2, 0) is 11.2 Å². The molecule has 2 heterocycles. The van der Waals surface area contributed by atoms with Crippen molar-refractivity contribution in [2.24, 2.45) is 0 Å². The highest BCUT2D eigenvalue weighted by molar-refractivity contribution is 5.20. The Labute approximate surface area is 71.3 Å². The summed E-state index contributed by atoms with van der Waals surface area (Å²) in [7, 11) is 1.64. The number of aromatic nitrogens is 1. The fourth-order valence-corrected chi connectivity index (χ4v) is 1.07. The first kappa shape index (κ1) is 7.55. The average Bonchev–Trinajstić information content (AvgIpc) is 2.90. The summed E-state index contributed by atoms with van der Waals surface area (Å²) < 4.78 is 10.1. The van der Waals surface area contributed by atoms with E-state index in [0.717, 1.165) is 24.5 Å². The lowest BCUT2D eigenvalue weighted by Gasteiger charge is -1.99. The lowest BCUT2D eigenvalue weighted by atomic mass is 10.2. The Balaban J connectivity index is 2.02. The van der Waals surface area contributed by atoms with Crippen molar-refractivity contribution < 1.29 is 9.47 Å². The van der Waals surface area contributed by atoms with Gasteiger partial charge in [0.25, 0.3) is 0 Å². The van der Waals surface area contributed by atoms with Gasteiger partial charge in [-0.05, 0) is 12.1 Å². The smallest absolute Gasteiger partial charge is 0.137 e. The summed E-state index contributed by atoms with van der Waals surface area (Å²) in [6.07, 6.45) is 3.06. The molecule has 1 atom stereocenters. The minimum Gasteiger partial charge on any atom is -0.495 e. The van der Waals surface area contributed by atoms with Gasteiger partial charge in [-0.1, -0.05) is 0 Å². The number of hydrogen-bond donors (Lipinski definition) is 0. The molecule has 12 heavy (non-hydrogen) atoms. The molecule has 0 aromatic carbocycles. The molecule has 0 amide bonds. The Hall–Kier alpha value is -1.09. The summed E-state index contributed by atoms with van der Waals surface area (Å²) in [6, 6.07) is 3.89. The van der Waals surface area contributed by atoms with Gasteiger partial charge in [-0.3, -0.25) is 4.98 Å². The van der Waals surface area contributed by atoms with E-state index in [1.165, 1.54) is 0 Å². The van der Waals surface area contributed by atoms with E-state index in [0.29, 0.717) is 6.10 Å². The van der Waals surface area contributed by atoms with Crippen molar-refractivity contribution in [3.63, 3.8) is 0 Å². The Morgan fingerprint density at radius 2 is 2.50 bits per heavy atom. The van der Waals surface area contributed by atoms with Crippen LogP contribution >= 0.6 is 0 Å². The molecule has 0 bridgehead atoms. The first-order valence-corrected chi connectivity index (χ1v) is 3.99. The van der Waals surface area contributed by atoms with Crippen LogP contribution in [0.3, 0.4) is 0 Å². The molecule has 0 aliphatic carbocycles. The molecule has 1 fully saturated rings. The minimum atomic E-state index is 0.408. The summed E-state index contributed by atoms with van der Waals surface area (Å²) in [5.41, 5.74) is 1.07. The van der Waals surface area contributed by atoms with Crippen LogP contribution in [0, 0.1) is 0 Å². The third-order valence-corrected chi connectivity index (χ3v) is 1.87. The van der Waals surface area contributed by atoms with Gasteiger partial charge in [0.15, 0.2) is 0 Å². The van der Waals surface area contributed by atoms with Crippen molar-refractivity contribution in [1.29, 1.82) is 0 Å². The first-order chi connectivity index (χ1) is 5.88. The second-order valence-electron chi connectivity index (χ2n) is 2.85. The van der Waals surface area contributed by atoms with Gasteiger partial charge in [0, 0.05) is 12.1 Å². The van der Waals surface area contributed by atoms with Crippen molar-refractivity contribution in [1.82, 2.24) is 4.98 Å². The molecule has 64 valence electrons. The fraction of sp³-hybridized carbons (Fsp3) is 0.444.